The highest BCUT2D eigenvalue weighted by molar-refractivity contribution is 7.12. The van der Waals surface area contributed by atoms with E-state index in [2.05, 4.69) is 50.5 Å². The van der Waals surface area contributed by atoms with E-state index in [-0.39, 0.29) is 0 Å². The molecule has 2 heteroatoms. The van der Waals surface area contributed by atoms with Crippen LogP contribution in [0.1, 0.15) is 26.7 Å². The van der Waals surface area contributed by atoms with Gasteiger partial charge in [-0.25, -0.2) is 0 Å². The molecule has 0 saturated heterocycles. The summed E-state index contributed by atoms with van der Waals surface area (Å²) in [5, 5.41) is 0. The lowest BCUT2D eigenvalue weighted by molar-refractivity contribution is 0.759. The summed E-state index contributed by atoms with van der Waals surface area (Å²) in [7, 11) is 0. The lowest BCUT2D eigenvalue weighted by atomic mass is 10.3. The molecule has 0 aliphatic carbocycles. The van der Waals surface area contributed by atoms with Crippen molar-refractivity contribution in [3.8, 4) is 0 Å². The third-order valence-corrected chi connectivity index (χ3v) is 4.09. The average molecular weight is 219 g/mol. The fraction of sp³-hybridized carbons (Fsp3) is 0.385. The van der Waals surface area contributed by atoms with Gasteiger partial charge in [-0.05, 0) is 51.5 Å². The number of nitrogens with zero attached hydrogens (tertiary/aromatic N) is 1. The Bertz CT molecular complexity index is 438. The van der Waals surface area contributed by atoms with Gasteiger partial charge in [-0.2, -0.15) is 0 Å². The van der Waals surface area contributed by atoms with Crippen molar-refractivity contribution in [3.63, 3.8) is 0 Å². The minimum atomic E-state index is 1.02. The van der Waals surface area contributed by atoms with Crippen LogP contribution < -0.4 is 0 Å². The summed E-state index contributed by atoms with van der Waals surface area (Å²) in [4.78, 5) is 2.89. The zero-order chi connectivity index (χ0) is 11.0. The average Bonchev–Trinajstić information content (AvgIpc) is 2.64. The Balaban J connectivity index is 2.29. The second-order valence-corrected chi connectivity index (χ2v) is 5.50. The molecule has 2 aromatic rings. The van der Waals surface area contributed by atoms with Gasteiger partial charge < -0.3 is 4.57 Å². The molecule has 0 fully saturated rings. The molecule has 0 unspecified atom stereocenters. The highest BCUT2D eigenvalue weighted by Crippen LogP contribution is 2.22. The van der Waals surface area contributed by atoms with Crippen LogP contribution in [0, 0.1) is 27.7 Å². The van der Waals surface area contributed by atoms with E-state index in [0.29, 0.717) is 0 Å². The first-order chi connectivity index (χ1) is 7.08. The number of thiophene rings is 1. The zero-order valence-electron chi connectivity index (χ0n) is 9.79. The van der Waals surface area contributed by atoms with Crippen LogP contribution in [-0.2, 0) is 6.54 Å². The number of hydrogen-bond acceptors (Lipinski definition) is 1. The summed E-state index contributed by atoms with van der Waals surface area (Å²) in [6.45, 7) is 9.73. The largest absolute Gasteiger partial charge is 0.344 e. The van der Waals surface area contributed by atoms with Crippen molar-refractivity contribution in [3.05, 3.63) is 44.9 Å². The fourth-order valence-corrected chi connectivity index (χ4v) is 2.87. The first-order valence-electron chi connectivity index (χ1n) is 5.26. The van der Waals surface area contributed by atoms with Crippen molar-refractivity contribution in [1.29, 1.82) is 0 Å². The quantitative estimate of drug-likeness (QED) is 0.723. The summed E-state index contributed by atoms with van der Waals surface area (Å²) in [6, 6.07) is 6.67. The molecule has 0 saturated carbocycles. The first kappa shape index (κ1) is 10.5. The molecule has 1 nitrogen and oxygen atoms in total. The topological polar surface area (TPSA) is 4.93 Å². The van der Waals surface area contributed by atoms with Gasteiger partial charge in [-0.1, -0.05) is 0 Å². The number of rotatable bonds is 2. The monoisotopic (exact) mass is 219 g/mol. The molecule has 2 heterocycles. The van der Waals surface area contributed by atoms with E-state index in [0.717, 1.165) is 6.54 Å². The molecule has 15 heavy (non-hydrogen) atoms. The lowest BCUT2D eigenvalue weighted by Gasteiger charge is -2.06. The fourth-order valence-electron chi connectivity index (χ4n) is 1.83. The summed E-state index contributed by atoms with van der Waals surface area (Å²) in [5.41, 5.74) is 4.10. The van der Waals surface area contributed by atoms with Gasteiger partial charge in [0, 0.05) is 21.1 Å². The molecule has 0 radical (unpaired) electrons. The zero-order valence-corrected chi connectivity index (χ0v) is 10.6. The predicted octanol–water partition coefficient (Wildman–Crippen LogP) is 3.83. The highest BCUT2D eigenvalue weighted by Gasteiger charge is 2.05. The van der Waals surface area contributed by atoms with E-state index in [1.54, 1.807) is 0 Å². The Morgan fingerprint density at radius 2 is 1.67 bits per heavy atom. The SMILES string of the molecule is Cc1cc(Cn2c(C)ccc2C)sc1C. The second-order valence-electron chi connectivity index (χ2n) is 4.15. The van der Waals surface area contributed by atoms with E-state index in [9.17, 15) is 0 Å². The van der Waals surface area contributed by atoms with Crippen molar-refractivity contribution >= 4 is 11.3 Å². The summed E-state index contributed by atoms with van der Waals surface area (Å²) in [6.07, 6.45) is 0. The molecule has 2 rings (SSSR count). The van der Waals surface area contributed by atoms with E-state index < -0.39 is 0 Å². The summed E-state index contributed by atoms with van der Waals surface area (Å²) in [5.74, 6) is 0. The Morgan fingerprint density at radius 1 is 1.07 bits per heavy atom. The van der Waals surface area contributed by atoms with Crippen molar-refractivity contribution in [2.75, 3.05) is 0 Å². The van der Waals surface area contributed by atoms with Gasteiger partial charge >= 0.3 is 0 Å². The highest BCUT2D eigenvalue weighted by atomic mass is 32.1. The van der Waals surface area contributed by atoms with Crippen LogP contribution in [0.25, 0.3) is 0 Å². The maximum Gasteiger partial charge on any atom is 0.0568 e. The summed E-state index contributed by atoms with van der Waals surface area (Å²) >= 11 is 1.91. The third-order valence-electron chi connectivity index (χ3n) is 2.95. The van der Waals surface area contributed by atoms with Gasteiger partial charge in [0.25, 0.3) is 0 Å². The van der Waals surface area contributed by atoms with Gasteiger partial charge in [0.2, 0.25) is 0 Å². The maximum absolute atomic E-state index is 2.37. The van der Waals surface area contributed by atoms with E-state index >= 15 is 0 Å². The van der Waals surface area contributed by atoms with Gasteiger partial charge in [0.05, 0.1) is 6.54 Å². The normalized spacial score (nSPS) is 10.9. The number of aromatic nitrogens is 1. The van der Waals surface area contributed by atoms with Crippen LogP contribution in [0.2, 0.25) is 0 Å². The van der Waals surface area contributed by atoms with Crippen LogP contribution in [0.4, 0.5) is 0 Å². The Labute approximate surface area is 95.4 Å². The van der Waals surface area contributed by atoms with Crippen LogP contribution in [0.15, 0.2) is 18.2 Å². The van der Waals surface area contributed by atoms with E-state index in [1.807, 2.05) is 11.3 Å². The van der Waals surface area contributed by atoms with Crippen molar-refractivity contribution in [1.82, 2.24) is 4.57 Å². The maximum atomic E-state index is 2.37. The molecule has 0 aliphatic rings. The smallest absolute Gasteiger partial charge is 0.0568 e. The van der Waals surface area contributed by atoms with Crippen molar-refractivity contribution in [2.24, 2.45) is 0 Å². The Morgan fingerprint density at radius 3 is 2.13 bits per heavy atom. The van der Waals surface area contributed by atoms with E-state index in [4.69, 9.17) is 0 Å². The molecular weight excluding hydrogens is 202 g/mol. The number of aryl methyl sites for hydroxylation is 4. The molecule has 0 bridgehead atoms. The molecule has 0 aromatic carbocycles. The molecule has 0 N–H and O–H groups in total. The van der Waals surface area contributed by atoms with Gasteiger partial charge in [0.15, 0.2) is 0 Å². The van der Waals surface area contributed by atoms with Crippen LogP contribution >= 0.6 is 11.3 Å². The first-order valence-corrected chi connectivity index (χ1v) is 6.08. The minimum Gasteiger partial charge on any atom is -0.344 e. The molecule has 0 aliphatic heterocycles. The molecule has 0 amide bonds. The Kier molecular flexibility index (Phi) is 2.70. The van der Waals surface area contributed by atoms with Crippen LogP contribution in [0.5, 0.6) is 0 Å². The van der Waals surface area contributed by atoms with Crippen LogP contribution in [-0.4, -0.2) is 4.57 Å². The lowest BCUT2D eigenvalue weighted by Crippen LogP contribution is -2.01. The molecule has 2 aromatic heterocycles. The Hall–Kier alpha value is -1.02. The molecular formula is C13H17NS. The van der Waals surface area contributed by atoms with Gasteiger partial charge in [-0.15, -0.1) is 11.3 Å². The number of hydrogen-bond donors (Lipinski definition) is 0. The van der Waals surface area contributed by atoms with Crippen molar-refractivity contribution in [2.45, 2.75) is 34.2 Å². The minimum absolute atomic E-state index is 1.02. The van der Waals surface area contributed by atoms with Gasteiger partial charge in [-0.3, -0.25) is 0 Å². The molecule has 0 atom stereocenters. The molecule has 0 spiro atoms. The summed E-state index contributed by atoms with van der Waals surface area (Å²) < 4.78 is 2.37. The second kappa shape index (κ2) is 3.86. The van der Waals surface area contributed by atoms with Gasteiger partial charge in [0.1, 0.15) is 0 Å². The molecule has 80 valence electrons. The standard InChI is InChI=1S/C13H17NS/c1-9-7-13(15-12(9)4)8-14-10(2)5-6-11(14)3/h5-7H,8H2,1-4H3. The van der Waals surface area contributed by atoms with Crippen LogP contribution in [0.3, 0.4) is 0 Å². The predicted molar refractivity (Wildman–Crippen MR) is 66.8 cm³/mol. The van der Waals surface area contributed by atoms with Crippen molar-refractivity contribution < 1.29 is 0 Å². The van der Waals surface area contributed by atoms with E-state index in [1.165, 1.54) is 26.7 Å². The third kappa shape index (κ3) is 2.00.